The number of pyridine rings is 1. The Morgan fingerprint density at radius 1 is 0.848 bits per heavy atom. The van der Waals surface area contributed by atoms with Crippen molar-refractivity contribution in [3.05, 3.63) is 72.2 Å². The number of likely N-dealkylation sites (N-methyl/N-ethyl adjacent to an activating group) is 1. The summed E-state index contributed by atoms with van der Waals surface area (Å²) >= 11 is 0. The first-order chi connectivity index (χ1) is 22.2. The Morgan fingerprint density at radius 3 is 2.20 bits per heavy atom. The van der Waals surface area contributed by atoms with Crippen LogP contribution in [0, 0.1) is 18.2 Å². The van der Waals surface area contributed by atoms with Crippen molar-refractivity contribution >= 4 is 35.0 Å². The number of amides is 4. The normalized spacial score (nSPS) is 18.5. The topological polar surface area (TPSA) is 119 Å². The van der Waals surface area contributed by atoms with Gasteiger partial charge in [0.25, 0.3) is 0 Å². The van der Waals surface area contributed by atoms with Gasteiger partial charge in [-0.2, -0.15) is 0 Å². The van der Waals surface area contributed by atoms with Crippen LogP contribution in [0.3, 0.4) is 0 Å². The lowest BCUT2D eigenvalue weighted by atomic mass is 10.0. The number of aromatic nitrogens is 1. The molecule has 3 heterocycles. The minimum atomic E-state index is -1.16. The zero-order valence-corrected chi connectivity index (χ0v) is 26.2. The molecular weight excluding hydrogens is 589 g/mol. The maximum Gasteiger partial charge on any atom is 0.323 e. The number of piperidine rings is 1. The van der Waals surface area contributed by atoms with Gasteiger partial charge < -0.3 is 25.2 Å². The van der Waals surface area contributed by atoms with E-state index in [1.54, 1.807) is 36.5 Å². The largest absolute Gasteiger partial charge is 0.457 e. The highest BCUT2D eigenvalue weighted by molar-refractivity contribution is 6.17. The Hall–Kier alpha value is -4.55. The van der Waals surface area contributed by atoms with Crippen LogP contribution >= 0.6 is 0 Å². The summed E-state index contributed by atoms with van der Waals surface area (Å²) in [6, 6.07) is 14.4. The van der Waals surface area contributed by atoms with Crippen molar-refractivity contribution in [2.24, 2.45) is 5.41 Å². The van der Waals surface area contributed by atoms with Crippen LogP contribution in [-0.2, 0) is 9.59 Å². The van der Waals surface area contributed by atoms with Crippen LogP contribution in [0.25, 0.3) is 0 Å². The quantitative estimate of drug-likeness (QED) is 0.303. The van der Waals surface area contributed by atoms with Crippen LogP contribution in [0.4, 0.5) is 26.4 Å². The van der Waals surface area contributed by atoms with Crippen LogP contribution in [-0.4, -0.2) is 89.9 Å². The number of rotatable bonds is 8. The van der Waals surface area contributed by atoms with Crippen molar-refractivity contribution in [3.8, 4) is 11.5 Å². The number of urea groups is 1. The highest BCUT2D eigenvalue weighted by atomic mass is 19.1. The summed E-state index contributed by atoms with van der Waals surface area (Å²) in [5, 5.41) is 8.50. The zero-order valence-electron chi connectivity index (χ0n) is 26.2. The molecule has 0 unspecified atom stereocenters. The van der Waals surface area contributed by atoms with Gasteiger partial charge in [0.15, 0.2) is 0 Å². The maximum atomic E-state index is 13.2. The molecule has 1 aromatic heterocycles. The van der Waals surface area contributed by atoms with Crippen molar-refractivity contribution in [1.29, 1.82) is 0 Å². The summed E-state index contributed by atoms with van der Waals surface area (Å²) in [4.78, 5) is 50.1. The van der Waals surface area contributed by atoms with E-state index in [9.17, 15) is 18.8 Å². The van der Waals surface area contributed by atoms with Crippen LogP contribution in [0.15, 0.2) is 60.8 Å². The third kappa shape index (κ3) is 7.29. The van der Waals surface area contributed by atoms with Gasteiger partial charge in [0.2, 0.25) is 11.8 Å². The zero-order chi connectivity index (χ0) is 32.3. The van der Waals surface area contributed by atoms with E-state index in [0.717, 1.165) is 44.6 Å². The number of nitrogens with one attached hydrogen (secondary N) is 3. The molecule has 11 nitrogen and oxygen atoms in total. The Kier molecular flexibility index (Phi) is 9.18. The molecule has 1 aliphatic carbocycles. The average molecular weight is 630 g/mol. The number of halogens is 1. The summed E-state index contributed by atoms with van der Waals surface area (Å²) in [6.45, 7) is 7.61. The summed E-state index contributed by atoms with van der Waals surface area (Å²) in [5.41, 5.74) is 0.595. The third-order valence-corrected chi connectivity index (χ3v) is 9.18. The molecule has 0 radical (unpaired) electrons. The van der Waals surface area contributed by atoms with Crippen LogP contribution < -0.4 is 20.7 Å². The summed E-state index contributed by atoms with van der Waals surface area (Å²) in [7, 11) is 2.16. The molecule has 3 N–H and O–H groups in total. The number of likely N-dealkylation sites (tertiary alicyclic amines) is 1. The number of nitrogens with zero attached hydrogens (tertiary/aromatic N) is 4. The minimum absolute atomic E-state index is 0.169. The van der Waals surface area contributed by atoms with Crippen molar-refractivity contribution < 1.29 is 23.5 Å². The molecular formula is C34H40FN7O4. The fourth-order valence-corrected chi connectivity index (χ4v) is 6.04. The number of hydrogen-bond acceptors (Lipinski definition) is 7. The fraction of sp³-hybridized carbons (Fsp3) is 0.412. The SMILES string of the molecule is Cc1cc(Oc2ccnc(NC(=O)N3CCC(N4CCN(C)CC4)CC3)c2)ccc1NC(=O)C1(C(=O)Nc2ccc(F)cc2)CC1. The summed E-state index contributed by atoms with van der Waals surface area (Å²) in [5.74, 6) is 0.244. The molecule has 3 fully saturated rings. The average Bonchev–Trinajstić information content (AvgIpc) is 3.87. The molecule has 1 saturated carbocycles. The molecule has 0 spiro atoms. The van der Waals surface area contributed by atoms with Crippen molar-refractivity contribution in [2.45, 2.75) is 38.6 Å². The van der Waals surface area contributed by atoms with Gasteiger partial charge in [0, 0.05) is 68.9 Å². The molecule has 12 heteroatoms. The van der Waals surface area contributed by atoms with Gasteiger partial charge in [-0.05, 0) is 93.7 Å². The lowest BCUT2D eigenvalue weighted by molar-refractivity contribution is -0.131. The van der Waals surface area contributed by atoms with Gasteiger partial charge in [-0.1, -0.05) is 0 Å². The van der Waals surface area contributed by atoms with E-state index in [-0.39, 0.29) is 11.9 Å². The number of carbonyl (C=O) groups excluding carboxylic acids is 3. The predicted molar refractivity (Wildman–Crippen MR) is 174 cm³/mol. The molecule has 2 aromatic carbocycles. The number of hydrogen-bond donors (Lipinski definition) is 3. The molecule has 4 amide bonds. The van der Waals surface area contributed by atoms with Gasteiger partial charge in [-0.25, -0.2) is 14.2 Å². The Balaban J connectivity index is 1.00. The molecule has 3 aromatic rings. The molecule has 46 heavy (non-hydrogen) atoms. The number of ether oxygens (including phenoxy) is 1. The fourth-order valence-electron chi connectivity index (χ4n) is 6.04. The van der Waals surface area contributed by atoms with E-state index in [1.807, 2.05) is 11.8 Å². The van der Waals surface area contributed by atoms with Gasteiger partial charge in [-0.15, -0.1) is 0 Å². The second kappa shape index (κ2) is 13.4. The van der Waals surface area contributed by atoms with E-state index < -0.39 is 17.1 Å². The lowest BCUT2D eigenvalue weighted by Gasteiger charge is -2.42. The van der Waals surface area contributed by atoms with E-state index in [1.165, 1.54) is 24.3 Å². The number of carbonyl (C=O) groups is 3. The lowest BCUT2D eigenvalue weighted by Crippen LogP contribution is -2.53. The van der Waals surface area contributed by atoms with Gasteiger partial charge in [-0.3, -0.25) is 19.8 Å². The van der Waals surface area contributed by atoms with Crippen molar-refractivity contribution in [3.63, 3.8) is 0 Å². The van der Waals surface area contributed by atoms with Gasteiger partial charge >= 0.3 is 6.03 Å². The Labute approximate surface area is 268 Å². The molecule has 2 aliphatic heterocycles. The second-order valence-electron chi connectivity index (χ2n) is 12.4. The Bertz CT molecular complexity index is 1580. The van der Waals surface area contributed by atoms with Gasteiger partial charge in [0.05, 0.1) is 0 Å². The molecule has 242 valence electrons. The first-order valence-electron chi connectivity index (χ1n) is 15.8. The summed E-state index contributed by atoms with van der Waals surface area (Å²) in [6.07, 6.45) is 4.38. The highest BCUT2D eigenvalue weighted by Gasteiger charge is 2.56. The number of piperazine rings is 1. The summed E-state index contributed by atoms with van der Waals surface area (Å²) < 4.78 is 19.3. The first kappa shape index (κ1) is 31.4. The predicted octanol–water partition coefficient (Wildman–Crippen LogP) is 4.92. The maximum absolute atomic E-state index is 13.2. The number of benzene rings is 2. The molecule has 2 saturated heterocycles. The van der Waals surface area contributed by atoms with Gasteiger partial charge in [0.1, 0.15) is 28.5 Å². The minimum Gasteiger partial charge on any atom is -0.457 e. The van der Waals surface area contributed by atoms with E-state index in [2.05, 4.69) is 37.8 Å². The molecule has 0 atom stereocenters. The molecule has 6 rings (SSSR count). The van der Waals surface area contributed by atoms with E-state index in [0.29, 0.717) is 60.7 Å². The van der Waals surface area contributed by atoms with E-state index in [4.69, 9.17) is 4.74 Å². The second-order valence-corrected chi connectivity index (χ2v) is 12.4. The number of anilines is 3. The van der Waals surface area contributed by atoms with Crippen molar-refractivity contribution in [1.82, 2.24) is 19.7 Å². The van der Waals surface area contributed by atoms with E-state index >= 15 is 0 Å². The smallest absolute Gasteiger partial charge is 0.323 e. The molecule has 0 bridgehead atoms. The third-order valence-electron chi connectivity index (χ3n) is 9.18. The standard InChI is InChI=1S/C34H40FN7O4/c1-23-21-27(7-8-29(23)38-32(44)34(12-13-34)31(43)37-25-5-3-24(35)4-6-25)46-28-9-14-36-30(22-28)39-33(45)42-15-10-26(11-16-42)41-19-17-40(2)18-20-41/h3-9,14,21-22,26H,10-13,15-20H2,1-2H3,(H,37,43)(H,38,44)(H,36,39,45). The van der Waals surface area contributed by atoms with Crippen LogP contribution in [0.5, 0.6) is 11.5 Å². The first-order valence-corrected chi connectivity index (χ1v) is 15.8. The van der Waals surface area contributed by atoms with Crippen molar-refractivity contribution in [2.75, 3.05) is 62.3 Å². The van der Waals surface area contributed by atoms with Crippen LogP contribution in [0.1, 0.15) is 31.2 Å². The highest BCUT2D eigenvalue weighted by Crippen LogP contribution is 2.47. The Morgan fingerprint density at radius 2 is 1.52 bits per heavy atom. The monoisotopic (exact) mass is 629 g/mol. The van der Waals surface area contributed by atoms with Crippen LogP contribution in [0.2, 0.25) is 0 Å². The number of aryl methyl sites for hydroxylation is 1. The molecule has 3 aliphatic rings.